The summed E-state index contributed by atoms with van der Waals surface area (Å²) in [6.45, 7) is 4.66. The normalized spacial score (nSPS) is 12.4. The van der Waals surface area contributed by atoms with E-state index in [1.165, 1.54) is 6.92 Å². The van der Waals surface area contributed by atoms with Gasteiger partial charge in [-0.15, -0.1) is 0 Å². The van der Waals surface area contributed by atoms with Crippen molar-refractivity contribution in [1.29, 1.82) is 0 Å². The second-order valence-corrected chi connectivity index (χ2v) is 3.78. The van der Waals surface area contributed by atoms with Crippen molar-refractivity contribution in [2.45, 2.75) is 13.2 Å². The minimum Gasteiger partial charge on any atom is -0.428 e. The maximum Gasteiger partial charge on any atom is 0.754 e. The molecule has 2 atom stereocenters. The predicted molar refractivity (Wildman–Crippen MR) is 61.5 cm³/mol. The molecule has 6 heteroatoms. The lowest BCUT2D eigenvalue weighted by atomic mass is 10.3. The fourth-order valence-corrected chi connectivity index (χ4v) is 1.57. The van der Waals surface area contributed by atoms with Gasteiger partial charge in [-0.1, -0.05) is 29.3 Å². The minimum absolute atomic E-state index is 0.413. The van der Waals surface area contributed by atoms with Crippen molar-refractivity contribution in [1.82, 2.24) is 0 Å². The van der Waals surface area contributed by atoms with Crippen LogP contribution in [-0.2, 0) is 18.6 Å². The molecule has 0 heterocycles. The van der Waals surface area contributed by atoms with Gasteiger partial charge in [0.25, 0.3) is 6.29 Å². The van der Waals surface area contributed by atoms with Gasteiger partial charge in [-0.05, 0) is 12.1 Å². The van der Waals surface area contributed by atoms with Gasteiger partial charge in [0.05, 0.1) is 0 Å². The quantitative estimate of drug-likeness (QED) is 0.338. The number of esters is 1. The number of hydrogen-bond donors (Lipinski definition) is 0. The molecule has 0 bridgehead atoms. The first-order valence-electron chi connectivity index (χ1n) is 4.82. The highest BCUT2D eigenvalue weighted by atomic mass is 31.1. The third kappa shape index (κ3) is 5.24. The Morgan fingerprint density at radius 2 is 2.06 bits per heavy atom. The minimum atomic E-state index is -2.39. The average molecular weight is 255 g/mol. The van der Waals surface area contributed by atoms with Crippen LogP contribution in [0, 0.1) is 0 Å². The monoisotopic (exact) mass is 255 g/mol. The number of ether oxygens (including phenoxy) is 1. The molecule has 90 valence electrons. The van der Waals surface area contributed by atoms with Crippen LogP contribution in [-0.4, -0.2) is 12.3 Å². The first kappa shape index (κ1) is 13.4. The van der Waals surface area contributed by atoms with Gasteiger partial charge in [0, 0.05) is 17.6 Å². The number of para-hydroxylation sites is 1. The van der Waals surface area contributed by atoms with Crippen molar-refractivity contribution >= 4 is 14.2 Å². The van der Waals surface area contributed by atoms with Gasteiger partial charge in [-0.3, -0.25) is 0 Å². The number of benzene rings is 1. The van der Waals surface area contributed by atoms with E-state index in [1.807, 2.05) is 0 Å². The molecule has 1 rings (SSSR count). The summed E-state index contributed by atoms with van der Waals surface area (Å²) in [5.41, 5.74) is 0. The Morgan fingerprint density at radius 3 is 2.65 bits per heavy atom. The molecule has 0 amide bonds. The molecule has 0 radical (unpaired) electrons. The molecule has 1 aromatic carbocycles. The van der Waals surface area contributed by atoms with Crippen LogP contribution in [0.5, 0.6) is 5.75 Å². The molecule has 0 saturated carbocycles. The summed E-state index contributed by atoms with van der Waals surface area (Å²) in [5, 5.41) is 0. The van der Waals surface area contributed by atoms with E-state index in [0.717, 1.165) is 6.08 Å². The van der Waals surface area contributed by atoms with E-state index in [0.29, 0.717) is 5.75 Å². The Morgan fingerprint density at radius 1 is 1.41 bits per heavy atom. The van der Waals surface area contributed by atoms with E-state index >= 15 is 0 Å². The molecule has 0 N–H and O–H groups in total. The summed E-state index contributed by atoms with van der Waals surface area (Å²) in [4.78, 5) is 10.8. The molecule has 0 aromatic heterocycles. The summed E-state index contributed by atoms with van der Waals surface area (Å²) in [6, 6.07) is 8.54. The zero-order valence-electron chi connectivity index (χ0n) is 9.24. The van der Waals surface area contributed by atoms with Gasteiger partial charge in [0.1, 0.15) is 0 Å². The summed E-state index contributed by atoms with van der Waals surface area (Å²) in [6.07, 6.45) is 0.0261. The Labute approximate surface area is 99.9 Å². The standard InChI is InChI=1S/C11H12O5P/c1-3-11(12)14-9(2)15-17(13)16-10-7-5-4-6-8-10/h3-9H,1H2,2H3/q+1. The molecular formula is C11H12O5P+. The number of hydrogen-bond acceptors (Lipinski definition) is 5. The summed E-state index contributed by atoms with van der Waals surface area (Å²) >= 11 is 0. The second-order valence-electron chi connectivity index (χ2n) is 2.94. The topological polar surface area (TPSA) is 61.8 Å². The van der Waals surface area contributed by atoms with Gasteiger partial charge in [0.15, 0.2) is 5.75 Å². The smallest absolute Gasteiger partial charge is 0.428 e. The Bertz CT molecular complexity index is 404. The first-order chi connectivity index (χ1) is 8.11. The van der Waals surface area contributed by atoms with Crippen LogP contribution in [0.15, 0.2) is 43.0 Å². The van der Waals surface area contributed by atoms with E-state index in [1.54, 1.807) is 30.3 Å². The van der Waals surface area contributed by atoms with Gasteiger partial charge < -0.3 is 4.74 Å². The van der Waals surface area contributed by atoms with Crippen LogP contribution < -0.4 is 4.52 Å². The maximum absolute atomic E-state index is 11.4. The highest BCUT2D eigenvalue weighted by molar-refractivity contribution is 7.33. The van der Waals surface area contributed by atoms with E-state index in [9.17, 15) is 9.36 Å². The number of rotatable bonds is 6. The van der Waals surface area contributed by atoms with Gasteiger partial charge in [0.2, 0.25) is 0 Å². The lowest BCUT2D eigenvalue weighted by molar-refractivity contribution is -0.154. The van der Waals surface area contributed by atoms with E-state index in [-0.39, 0.29) is 0 Å². The van der Waals surface area contributed by atoms with Crippen LogP contribution in [0.25, 0.3) is 0 Å². The van der Waals surface area contributed by atoms with Gasteiger partial charge in [-0.25, -0.2) is 9.32 Å². The maximum atomic E-state index is 11.4. The fraction of sp³-hybridized carbons (Fsp3) is 0.182. The van der Waals surface area contributed by atoms with Crippen LogP contribution in [0.3, 0.4) is 0 Å². The fourth-order valence-electron chi connectivity index (χ4n) is 0.943. The third-order valence-corrected chi connectivity index (χ3v) is 2.44. The van der Waals surface area contributed by atoms with Crippen LogP contribution in [0.2, 0.25) is 0 Å². The molecule has 0 fully saturated rings. The molecule has 0 aliphatic rings. The molecular weight excluding hydrogens is 243 g/mol. The summed E-state index contributed by atoms with van der Waals surface area (Å²) in [5.74, 6) is -0.239. The SMILES string of the molecule is C=CC(=O)OC(C)O[P+](=O)Oc1ccccc1. The Hall–Kier alpha value is -1.71. The predicted octanol–water partition coefficient (Wildman–Crippen LogP) is 2.81. The van der Waals surface area contributed by atoms with E-state index < -0.39 is 20.5 Å². The summed E-state index contributed by atoms with van der Waals surface area (Å²) in [7, 11) is -2.39. The molecule has 0 aliphatic carbocycles. The molecule has 17 heavy (non-hydrogen) atoms. The molecule has 1 aromatic rings. The van der Waals surface area contributed by atoms with Crippen molar-refractivity contribution < 1.29 is 23.1 Å². The average Bonchev–Trinajstić information content (AvgIpc) is 2.29. The zero-order chi connectivity index (χ0) is 12.7. The first-order valence-corrected chi connectivity index (χ1v) is 5.91. The summed E-state index contributed by atoms with van der Waals surface area (Å²) < 4.78 is 25.8. The third-order valence-electron chi connectivity index (χ3n) is 1.61. The van der Waals surface area contributed by atoms with E-state index in [4.69, 9.17) is 9.05 Å². The largest absolute Gasteiger partial charge is 0.754 e. The zero-order valence-corrected chi connectivity index (χ0v) is 10.1. The van der Waals surface area contributed by atoms with Crippen molar-refractivity contribution in [3.63, 3.8) is 0 Å². The van der Waals surface area contributed by atoms with Gasteiger partial charge >= 0.3 is 14.2 Å². The van der Waals surface area contributed by atoms with Crippen molar-refractivity contribution in [3.05, 3.63) is 43.0 Å². The lowest BCUT2D eigenvalue weighted by Crippen LogP contribution is -2.14. The highest BCUT2D eigenvalue weighted by Crippen LogP contribution is 2.29. The number of carbonyl (C=O) groups excluding carboxylic acids is 1. The van der Waals surface area contributed by atoms with E-state index in [2.05, 4.69) is 11.3 Å². The molecule has 5 nitrogen and oxygen atoms in total. The second kappa shape index (κ2) is 6.78. The van der Waals surface area contributed by atoms with Crippen LogP contribution in [0.4, 0.5) is 0 Å². The van der Waals surface area contributed by atoms with Crippen molar-refractivity contribution in [3.8, 4) is 5.75 Å². The molecule has 0 saturated heterocycles. The Balaban J connectivity index is 2.39. The molecule has 0 spiro atoms. The van der Waals surface area contributed by atoms with Crippen LogP contribution in [0.1, 0.15) is 6.92 Å². The highest BCUT2D eigenvalue weighted by Gasteiger charge is 2.27. The lowest BCUT2D eigenvalue weighted by Gasteiger charge is -2.03. The number of carbonyl (C=O) groups is 1. The molecule has 0 aliphatic heterocycles. The van der Waals surface area contributed by atoms with Crippen molar-refractivity contribution in [2.24, 2.45) is 0 Å². The van der Waals surface area contributed by atoms with Crippen molar-refractivity contribution in [2.75, 3.05) is 0 Å². The Kier molecular flexibility index (Phi) is 5.33. The van der Waals surface area contributed by atoms with Crippen LogP contribution >= 0.6 is 8.25 Å². The van der Waals surface area contributed by atoms with Gasteiger partial charge in [-0.2, -0.15) is 0 Å². The molecule has 2 unspecified atom stereocenters.